The second-order valence-electron chi connectivity index (χ2n) is 16.0. The van der Waals surface area contributed by atoms with Crippen molar-refractivity contribution in [2.45, 2.75) is 0 Å². The summed E-state index contributed by atoms with van der Waals surface area (Å²) >= 11 is 0. The number of rotatable bonds is 7. The number of aromatic nitrogens is 5. The third-order valence-corrected chi connectivity index (χ3v) is 12.0. The van der Waals surface area contributed by atoms with Gasteiger partial charge in [0.05, 0.1) is 45.3 Å². The molecule has 0 bridgehead atoms. The van der Waals surface area contributed by atoms with Crippen molar-refractivity contribution in [1.82, 2.24) is 24.1 Å². The SMILES string of the molecule is Cn1c(-c2[c-]ccc3c2oc2c(-c4cc(-c5ccccc5)nc(-c5ccccc5)c4)cccc23)nc2ccccc21.Cn1c(-c2ccc(-c3ccccc3)cc2)cnc1-c1[c-]cccc1.[Ir]. The molecule has 0 aliphatic carbocycles. The maximum absolute atomic E-state index is 6.76. The zero-order valence-electron chi connectivity index (χ0n) is 36.2. The molecule has 8 aromatic carbocycles. The zero-order valence-corrected chi connectivity index (χ0v) is 38.6. The largest absolute Gasteiger partial charge is 0.500 e. The third kappa shape index (κ3) is 7.96. The molecule has 1 radical (unpaired) electrons. The molecule has 0 unspecified atom stereocenters. The molecule has 0 atom stereocenters. The van der Waals surface area contributed by atoms with Gasteiger partial charge in [0.25, 0.3) is 0 Å². The molecule has 0 amide bonds. The van der Waals surface area contributed by atoms with Crippen LogP contribution >= 0.6 is 0 Å². The van der Waals surface area contributed by atoms with Crippen LogP contribution in [-0.4, -0.2) is 24.1 Å². The van der Waals surface area contributed by atoms with Crippen molar-refractivity contribution >= 4 is 33.0 Å². The van der Waals surface area contributed by atoms with Gasteiger partial charge in [-0.3, -0.25) is 9.97 Å². The van der Waals surface area contributed by atoms with Crippen LogP contribution in [0.4, 0.5) is 0 Å². The van der Waals surface area contributed by atoms with Crippen molar-refractivity contribution in [3.8, 4) is 78.8 Å². The summed E-state index contributed by atoms with van der Waals surface area (Å²) in [5.74, 6) is 1.76. The van der Waals surface area contributed by atoms with Crippen molar-refractivity contribution in [2.24, 2.45) is 14.1 Å². The minimum Gasteiger partial charge on any atom is -0.500 e. The van der Waals surface area contributed by atoms with Crippen LogP contribution in [0.3, 0.4) is 0 Å². The number of fused-ring (bicyclic) bond motifs is 4. The van der Waals surface area contributed by atoms with Crippen LogP contribution in [0.15, 0.2) is 217 Å². The molecule has 0 aliphatic heterocycles. The van der Waals surface area contributed by atoms with E-state index in [2.05, 4.69) is 142 Å². The van der Waals surface area contributed by atoms with Crippen molar-refractivity contribution in [3.63, 3.8) is 0 Å². The number of hydrogen-bond donors (Lipinski definition) is 0. The number of imidazole rings is 2. The van der Waals surface area contributed by atoms with Crippen LogP contribution in [0.2, 0.25) is 0 Å². The Morgan fingerprint density at radius 3 is 1.73 bits per heavy atom. The molecule has 0 saturated heterocycles. The van der Waals surface area contributed by atoms with Crippen LogP contribution in [0.25, 0.3) is 112 Å². The van der Waals surface area contributed by atoms with Gasteiger partial charge in [-0.05, 0) is 46.5 Å². The zero-order chi connectivity index (χ0) is 43.7. The number of hydrogen-bond acceptors (Lipinski definition) is 4. The maximum atomic E-state index is 6.76. The minimum atomic E-state index is 0. The van der Waals surface area contributed by atoms with Crippen molar-refractivity contribution < 1.29 is 24.5 Å². The average molecular weight is 1030 g/mol. The average Bonchev–Trinajstić information content (AvgIpc) is 4.07. The van der Waals surface area contributed by atoms with Gasteiger partial charge in [0, 0.05) is 62.5 Å². The molecule has 12 rings (SSSR count). The molecule has 0 spiro atoms. The summed E-state index contributed by atoms with van der Waals surface area (Å²) in [7, 11) is 4.09. The van der Waals surface area contributed by atoms with Crippen LogP contribution in [0.1, 0.15) is 0 Å². The fraction of sp³-hybridized carbons (Fsp3) is 0.0339. The number of pyridine rings is 1. The maximum Gasteiger partial charge on any atom is 0.128 e. The Hall–Kier alpha value is -7.96. The fourth-order valence-electron chi connectivity index (χ4n) is 8.65. The summed E-state index contributed by atoms with van der Waals surface area (Å²) in [6.07, 6.45) is 1.92. The summed E-state index contributed by atoms with van der Waals surface area (Å²) < 4.78 is 11.0. The molecule has 4 aromatic heterocycles. The molecule has 319 valence electrons. The summed E-state index contributed by atoms with van der Waals surface area (Å²) in [5.41, 5.74) is 16.3. The van der Waals surface area contributed by atoms with Crippen LogP contribution < -0.4 is 0 Å². The first-order chi connectivity index (χ1) is 32.1. The Balaban J connectivity index is 0.000000175. The molecule has 7 heteroatoms. The van der Waals surface area contributed by atoms with E-state index in [1.54, 1.807) is 0 Å². The van der Waals surface area contributed by atoms with E-state index >= 15 is 0 Å². The van der Waals surface area contributed by atoms with Crippen molar-refractivity contribution in [3.05, 3.63) is 225 Å². The third-order valence-electron chi connectivity index (χ3n) is 12.0. The summed E-state index contributed by atoms with van der Waals surface area (Å²) in [4.78, 5) is 14.6. The van der Waals surface area contributed by atoms with Gasteiger partial charge in [-0.2, -0.15) is 0 Å². The van der Waals surface area contributed by atoms with Crippen molar-refractivity contribution in [1.29, 1.82) is 0 Å². The van der Waals surface area contributed by atoms with Gasteiger partial charge in [0.15, 0.2) is 0 Å². The standard InChI is InChI=1S/C37H24N3O.C22H17N2.Ir/c1-40-34-21-9-8-20-31(34)39-37(40)30-19-11-18-29-28-17-10-16-27(35(28)41-36(29)30)26-22-32(24-12-4-2-5-13-24)38-33(23-26)25-14-6-3-7-15-25;1-24-21(16-23-22(24)20-10-6-3-7-11-20)19-14-12-18(13-15-19)17-8-4-2-5-9-17;/h2-18,20-23H,1H3;2-10,12-16H,1H3;/q2*-1;. The van der Waals surface area contributed by atoms with E-state index in [0.717, 1.165) is 101 Å². The molecule has 66 heavy (non-hydrogen) atoms. The van der Waals surface area contributed by atoms with E-state index in [0.29, 0.717) is 0 Å². The van der Waals surface area contributed by atoms with Gasteiger partial charge >= 0.3 is 0 Å². The number of benzene rings is 8. The van der Waals surface area contributed by atoms with Crippen molar-refractivity contribution in [2.75, 3.05) is 0 Å². The number of para-hydroxylation sites is 3. The van der Waals surface area contributed by atoms with Crippen LogP contribution in [0.5, 0.6) is 0 Å². The molecule has 6 nitrogen and oxygen atoms in total. The van der Waals surface area contributed by atoms with Gasteiger partial charge in [-0.1, -0.05) is 157 Å². The Morgan fingerprint density at radius 2 is 1.06 bits per heavy atom. The van der Waals surface area contributed by atoms with Gasteiger partial charge in [0.1, 0.15) is 5.58 Å². The topological polar surface area (TPSA) is 61.7 Å². The first-order valence-corrected chi connectivity index (χ1v) is 21.6. The van der Waals surface area contributed by atoms with E-state index in [9.17, 15) is 0 Å². The monoisotopic (exact) mass is 1030 g/mol. The van der Waals surface area contributed by atoms with E-state index in [-0.39, 0.29) is 20.1 Å². The predicted octanol–water partition coefficient (Wildman–Crippen LogP) is 14.6. The molecule has 0 saturated carbocycles. The molecular formula is C59H41IrN5O-2. The van der Waals surface area contributed by atoms with Gasteiger partial charge in [-0.15, -0.1) is 54.1 Å². The molecule has 12 aromatic rings. The smallest absolute Gasteiger partial charge is 0.128 e. The molecular weight excluding hydrogens is 987 g/mol. The Labute approximate surface area is 396 Å². The first kappa shape index (κ1) is 42.0. The number of nitrogens with zero attached hydrogens (tertiary/aromatic N) is 5. The minimum absolute atomic E-state index is 0. The normalized spacial score (nSPS) is 11.1. The quantitative estimate of drug-likeness (QED) is 0.149. The van der Waals surface area contributed by atoms with Crippen LogP contribution in [-0.2, 0) is 34.2 Å². The summed E-state index contributed by atoms with van der Waals surface area (Å²) in [6.45, 7) is 0. The number of furan rings is 1. The van der Waals surface area contributed by atoms with E-state index < -0.39 is 0 Å². The Bertz CT molecular complexity index is 3540. The summed E-state index contributed by atoms with van der Waals surface area (Å²) in [6, 6.07) is 77.1. The molecule has 0 N–H and O–H groups in total. The molecule has 0 fully saturated rings. The van der Waals surface area contributed by atoms with Gasteiger partial charge in [-0.25, -0.2) is 4.98 Å². The van der Waals surface area contributed by atoms with Gasteiger partial charge < -0.3 is 13.6 Å². The first-order valence-electron chi connectivity index (χ1n) is 21.6. The number of aryl methyl sites for hydroxylation is 1. The fourth-order valence-corrected chi connectivity index (χ4v) is 8.65. The Kier molecular flexibility index (Phi) is 11.6. The Morgan fingerprint density at radius 1 is 0.455 bits per heavy atom. The second kappa shape index (κ2) is 18.3. The van der Waals surface area contributed by atoms with E-state index in [1.807, 2.05) is 111 Å². The molecule has 0 aliphatic rings. The second-order valence-corrected chi connectivity index (χ2v) is 16.0. The van der Waals surface area contributed by atoms with Gasteiger partial charge in [0.2, 0.25) is 0 Å². The van der Waals surface area contributed by atoms with E-state index in [4.69, 9.17) is 14.4 Å². The molecule has 4 heterocycles. The van der Waals surface area contributed by atoms with Crippen LogP contribution in [0, 0.1) is 12.1 Å². The summed E-state index contributed by atoms with van der Waals surface area (Å²) in [5, 5.41) is 2.11. The predicted molar refractivity (Wildman–Crippen MR) is 265 cm³/mol. The van der Waals surface area contributed by atoms with E-state index in [1.165, 1.54) is 11.1 Å².